The summed E-state index contributed by atoms with van der Waals surface area (Å²) in [7, 11) is -3.29. The van der Waals surface area contributed by atoms with E-state index in [2.05, 4.69) is 4.98 Å². The van der Waals surface area contributed by atoms with Crippen LogP contribution >= 0.6 is 12.2 Å². The van der Waals surface area contributed by atoms with Gasteiger partial charge in [-0.05, 0) is 24.3 Å². The van der Waals surface area contributed by atoms with E-state index < -0.39 is 26.7 Å². The van der Waals surface area contributed by atoms with E-state index in [1.165, 1.54) is 19.2 Å². The number of H-pyrrole nitrogens is 1. The van der Waals surface area contributed by atoms with Gasteiger partial charge >= 0.3 is 6.18 Å². The van der Waals surface area contributed by atoms with Crippen LogP contribution in [0.5, 0.6) is 0 Å². The minimum atomic E-state index is -4.80. The molecule has 3 rings (SSSR count). The molecule has 0 bridgehead atoms. The molecule has 5 nitrogen and oxygen atoms in total. The number of hydrogen-bond donors (Lipinski definition) is 2. The van der Waals surface area contributed by atoms with Gasteiger partial charge in [-0.3, -0.25) is 4.31 Å². The van der Waals surface area contributed by atoms with Gasteiger partial charge in [0.15, 0.2) is 0 Å². The number of para-hydroxylation sites is 1. The zero-order valence-electron chi connectivity index (χ0n) is 13.9. The normalized spacial score (nSPS) is 12.3. The predicted octanol–water partition coefficient (Wildman–Crippen LogP) is 3.65. The van der Waals surface area contributed by atoms with E-state index in [1.54, 1.807) is 18.2 Å². The van der Waals surface area contributed by atoms with Crippen LogP contribution in [0.2, 0.25) is 0 Å². The molecule has 0 aliphatic heterocycles. The summed E-state index contributed by atoms with van der Waals surface area (Å²) >= 11 is 4.91. The van der Waals surface area contributed by atoms with Crippen LogP contribution in [0.4, 0.5) is 18.9 Å². The lowest BCUT2D eigenvalue weighted by Crippen LogP contribution is -2.29. The lowest BCUT2D eigenvalue weighted by atomic mass is 10.2. The summed E-state index contributed by atoms with van der Waals surface area (Å²) < 4.78 is 66.5. The molecule has 0 saturated heterocycles. The van der Waals surface area contributed by atoms with Crippen LogP contribution in [0.15, 0.2) is 53.4 Å². The topological polar surface area (TPSA) is 79.2 Å². The number of hydrogen-bond acceptors (Lipinski definition) is 3. The first-order chi connectivity index (χ1) is 12.5. The third kappa shape index (κ3) is 3.37. The predicted molar refractivity (Wildman–Crippen MR) is 101 cm³/mol. The minimum Gasteiger partial charge on any atom is -0.388 e. The van der Waals surface area contributed by atoms with Gasteiger partial charge in [0, 0.05) is 12.4 Å². The molecular weight excluding hydrogens is 399 g/mol. The Morgan fingerprint density at radius 2 is 1.81 bits per heavy atom. The molecule has 0 saturated carbocycles. The van der Waals surface area contributed by atoms with Crippen molar-refractivity contribution >= 4 is 43.8 Å². The van der Waals surface area contributed by atoms with Gasteiger partial charge in [0.05, 0.1) is 27.4 Å². The van der Waals surface area contributed by atoms with Crippen LogP contribution in [0.25, 0.3) is 10.9 Å². The Hall–Kier alpha value is -2.59. The van der Waals surface area contributed by atoms with E-state index >= 15 is 0 Å². The first-order valence-corrected chi connectivity index (χ1v) is 9.45. The number of benzene rings is 2. The number of thiocarbonyl (C=S) groups is 1. The standard InChI is InChI=1S/C17H14F3N3O2S2/c1-23(13-7-4-5-10-9-12(16(21)26)22-15(10)13)27(24,25)14-8-3-2-6-11(14)17(18,19)20/h2-9,22H,1H3,(H2,21,26). The number of fused-ring (bicyclic) bond motifs is 1. The molecule has 1 heterocycles. The van der Waals surface area contributed by atoms with Crippen molar-refractivity contribution in [2.24, 2.45) is 5.73 Å². The fourth-order valence-electron chi connectivity index (χ4n) is 2.74. The summed E-state index contributed by atoms with van der Waals surface area (Å²) in [5, 5.41) is 0.626. The van der Waals surface area contributed by atoms with Crippen molar-refractivity contribution in [1.82, 2.24) is 4.98 Å². The molecule has 0 radical (unpaired) electrons. The van der Waals surface area contributed by atoms with Crippen LogP contribution in [0.3, 0.4) is 0 Å². The van der Waals surface area contributed by atoms with Gasteiger partial charge < -0.3 is 10.7 Å². The summed E-state index contributed by atoms with van der Waals surface area (Å²) in [6.07, 6.45) is -4.80. The number of aromatic amines is 1. The number of rotatable bonds is 4. The molecule has 3 aromatic rings. The Morgan fingerprint density at radius 1 is 1.15 bits per heavy atom. The van der Waals surface area contributed by atoms with Crippen LogP contribution in [-0.2, 0) is 16.2 Å². The molecule has 10 heteroatoms. The summed E-state index contributed by atoms with van der Waals surface area (Å²) in [5.74, 6) is 0. The van der Waals surface area contributed by atoms with E-state index in [-0.39, 0.29) is 10.7 Å². The molecule has 0 spiro atoms. The lowest BCUT2D eigenvalue weighted by molar-refractivity contribution is -0.139. The number of alkyl halides is 3. The molecule has 0 unspecified atom stereocenters. The second-order valence-electron chi connectivity index (χ2n) is 5.76. The van der Waals surface area contributed by atoms with Crippen molar-refractivity contribution in [1.29, 1.82) is 0 Å². The highest BCUT2D eigenvalue weighted by molar-refractivity contribution is 7.92. The number of anilines is 1. The third-order valence-electron chi connectivity index (χ3n) is 4.07. The van der Waals surface area contributed by atoms with E-state index in [9.17, 15) is 21.6 Å². The molecule has 3 N–H and O–H groups in total. The molecule has 142 valence electrons. The van der Waals surface area contributed by atoms with Gasteiger partial charge in [-0.25, -0.2) is 8.42 Å². The van der Waals surface area contributed by atoms with E-state index in [0.717, 1.165) is 22.5 Å². The second-order valence-corrected chi connectivity index (χ2v) is 8.13. The summed E-state index contributed by atoms with van der Waals surface area (Å²) in [4.78, 5) is 2.19. The quantitative estimate of drug-likeness (QED) is 0.640. The van der Waals surface area contributed by atoms with Gasteiger partial charge in [0.25, 0.3) is 10.0 Å². The first kappa shape index (κ1) is 19.2. The SMILES string of the molecule is CN(c1cccc2cc(C(N)=S)[nH]c12)S(=O)(=O)c1ccccc1C(F)(F)F. The number of nitrogens with two attached hydrogens (primary N) is 1. The summed E-state index contributed by atoms with van der Waals surface area (Å²) in [6, 6.07) is 10.5. The largest absolute Gasteiger partial charge is 0.417 e. The Labute approximate surface area is 158 Å². The van der Waals surface area contributed by atoms with Crippen molar-refractivity contribution in [2.45, 2.75) is 11.1 Å². The van der Waals surface area contributed by atoms with E-state index in [0.29, 0.717) is 16.6 Å². The number of halogens is 3. The average molecular weight is 413 g/mol. The molecule has 0 fully saturated rings. The van der Waals surface area contributed by atoms with Crippen LogP contribution in [0.1, 0.15) is 11.3 Å². The smallest absolute Gasteiger partial charge is 0.388 e. The second kappa shape index (κ2) is 6.54. The zero-order valence-corrected chi connectivity index (χ0v) is 15.5. The molecule has 2 aromatic carbocycles. The maximum atomic E-state index is 13.3. The fraction of sp³-hybridized carbons (Fsp3) is 0.118. The van der Waals surface area contributed by atoms with Crippen LogP contribution < -0.4 is 10.0 Å². The Morgan fingerprint density at radius 3 is 2.44 bits per heavy atom. The van der Waals surface area contributed by atoms with Crippen molar-refractivity contribution < 1.29 is 21.6 Å². The fourth-order valence-corrected chi connectivity index (χ4v) is 4.27. The molecule has 0 atom stereocenters. The molecular formula is C17H14F3N3O2S2. The van der Waals surface area contributed by atoms with Crippen molar-refractivity contribution in [2.75, 3.05) is 11.4 Å². The van der Waals surface area contributed by atoms with Crippen LogP contribution in [0, 0.1) is 0 Å². The van der Waals surface area contributed by atoms with Crippen molar-refractivity contribution in [3.05, 3.63) is 59.8 Å². The zero-order chi connectivity index (χ0) is 20.0. The number of nitrogens with zero attached hydrogens (tertiary/aromatic N) is 1. The van der Waals surface area contributed by atoms with Gasteiger partial charge in [-0.15, -0.1) is 0 Å². The van der Waals surface area contributed by atoms with Crippen molar-refractivity contribution in [3.8, 4) is 0 Å². The monoisotopic (exact) mass is 413 g/mol. The van der Waals surface area contributed by atoms with E-state index in [1.807, 2.05) is 0 Å². The molecule has 0 aliphatic rings. The van der Waals surface area contributed by atoms with E-state index in [4.69, 9.17) is 18.0 Å². The van der Waals surface area contributed by atoms with Gasteiger partial charge in [0.2, 0.25) is 0 Å². The first-order valence-electron chi connectivity index (χ1n) is 7.60. The highest BCUT2D eigenvalue weighted by Crippen LogP contribution is 2.37. The lowest BCUT2D eigenvalue weighted by Gasteiger charge is -2.22. The Balaban J connectivity index is 2.18. The average Bonchev–Trinajstić information content (AvgIpc) is 3.05. The van der Waals surface area contributed by atoms with Gasteiger partial charge in [-0.2, -0.15) is 13.2 Å². The molecule has 0 amide bonds. The number of aromatic nitrogens is 1. The third-order valence-corrected chi connectivity index (χ3v) is 6.12. The summed E-state index contributed by atoms with van der Waals surface area (Å²) in [6.45, 7) is 0. The van der Waals surface area contributed by atoms with Gasteiger partial charge in [-0.1, -0.05) is 36.5 Å². The minimum absolute atomic E-state index is 0.0880. The summed E-state index contributed by atoms with van der Waals surface area (Å²) in [5.41, 5.74) is 5.37. The maximum Gasteiger partial charge on any atom is 0.417 e. The highest BCUT2D eigenvalue weighted by atomic mass is 32.2. The molecule has 1 aromatic heterocycles. The number of sulfonamides is 1. The highest BCUT2D eigenvalue weighted by Gasteiger charge is 2.38. The molecule has 0 aliphatic carbocycles. The Bertz CT molecular complexity index is 1140. The van der Waals surface area contributed by atoms with Crippen LogP contribution in [-0.4, -0.2) is 25.4 Å². The van der Waals surface area contributed by atoms with Crippen molar-refractivity contribution in [3.63, 3.8) is 0 Å². The number of nitrogens with one attached hydrogen (secondary N) is 1. The Kier molecular flexibility index (Phi) is 4.64. The maximum absolute atomic E-state index is 13.3. The van der Waals surface area contributed by atoms with Gasteiger partial charge in [0.1, 0.15) is 4.99 Å². The molecule has 27 heavy (non-hydrogen) atoms.